The van der Waals surface area contributed by atoms with Gasteiger partial charge in [-0.05, 0) is 26.7 Å². The molecule has 13 heavy (non-hydrogen) atoms. The van der Waals surface area contributed by atoms with E-state index in [0.29, 0.717) is 0 Å². The topological polar surface area (TPSA) is 49.3 Å². The van der Waals surface area contributed by atoms with Gasteiger partial charge in [0.05, 0.1) is 0 Å². The minimum Gasteiger partial charge on any atom is -0.480 e. The van der Waals surface area contributed by atoms with Crippen molar-refractivity contribution in [3.63, 3.8) is 0 Å². The number of carbonyl (C=O) groups is 1. The second-order valence-electron chi connectivity index (χ2n) is 4.60. The van der Waals surface area contributed by atoms with Crippen molar-refractivity contribution < 1.29 is 9.90 Å². The Bertz CT molecular complexity index is 172. The Balaban J connectivity index is 4.36. The van der Waals surface area contributed by atoms with E-state index in [1.807, 2.05) is 34.6 Å². The normalized spacial score (nSPS) is 16.7. The van der Waals surface area contributed by atoms with E-state index >= 15 is 0 Å². The molecule has 0 radical (unpaired) electrons. The third kappa shape index (κ3) is 4.88. The zero-order valence-electron chi connectivity index (χ0n) is 9.22. The maximum absolute atomic E-state index is 10.9. The second-order valence-corrected chi connectivity index (χ2v) is 4.60. The molecule has 2 N–H and O–H groups in total. The summed E-state index contributed by atoms with van der Waals surface area (Å²) in [4.78, 5) is 10.9. The lowest BCUT2D eigenvalue weighted by atomic mass is 9.96. The third-order valence-corrected chi connectivity index (χ3v) is 2.07. The summed E-state index contributed by atoms with van der Waals surface area (Å²) in [5.74, 6) is -0.596. The molecule has 2 atom stereocenters. The van der Waals surface area contributed by atoms with E-state index in [0.717, 1.165) is 6.42 Å². The zero-order valence-corrected chi connectivity index (χ0v) is 9.22. The van der Waals surface area contributed by atoms with Gasteiger partial charge < -0.3 is 5.11 Å². The molecule has 0 spiro atoms. The summed E-state index contributed by atoms with van der Waals surface area (Å²) in [6.45, 7) is 9.89. The summed E-state index contributed by atoms with van der Waals surface area (Å²) in [5, 5.41) is 12.1. The Morgan fingerprint density at radius 2 is 1.92 bits per heavy atom. The van der Waals surface area contributed by atoms with Gasteiger partial charge in [0.25, 0.3) is 0 Å². The predicted octanol–water partition coefficient (Wildman–Crippen LogP) is 1.87. The van der Waals surface area contributed by atoms with Gasteiger partial charge in [-0.15, -0.1) is 0 Å². The molecule has 0 aliphatic carbocycles. The van der Waals surface area contributed by atoms with Gasteiger partial charge in [-0.25, -0.2) is 0 Å². The minimum absolute atomic E-state index is 0.146. The van der Waals surface area contributed by atoms with E-state index in [9.17, 15) is 4.79 Å². The quantitative estimate of drug-likeness (QED) is 0.706. The summed E-state index contributed by atoms with van der Waals surface area (Å²) in [7, 11) is 0. The molecule has 0 fully saturated rings. The highest BCUT2D eigenvalue weighted by Gasteiger charge is 2.27. The average molecular weight is 187 g/mol. The summed E-state index contributed by atoms with van der Waals surface area (Å²) >= 11 is 0. The Morgan fingerprint density at radius 3 is 2.15 bits per heavy atom. The van der Waals surface area contributed by atoms with Gasteiger partial charge in [-0.3, -0.25) is 10.1 Å². The molecule has 0 aromatic rings. The molecule has 3 nitrogen and oxygen atoms in total. The number of nitrogens with one attached hydrogen (secondary N) is 1. The van der Waals surface area contributed by atoms with Gasteiger partial charge in [-0.1, -0.05) is 20.3 Å². The lowest BCUT2D eigenvalue weighted by molar-refractivity contribution is -0.141. The van der Waals surface area contributed by atoms with Crippen molar-refractivity contribution in [2.24, 2.45) is 5.92 Å². The zero-order chi connectivity index (χ0) is 10.6. The van der Waals surface area contributed by atoms with Gasteiger partial charge in [0.15, 0.2) is 0 Å². The average Bonchev–Trinajstić information content (AvgIpc) is 1.96. The Kier molecular flexibility index (Phi) is 4.40. The van der Waals surface area contributed by atoms with E-state index in [1.165, 1.54) is 0 Å². The number of hydrogen-bond donors (Lipinski definition) is 2. The van der Waals surface area contributed by atoms with E-state index in [-0.39, 0.29) is 11.5 Å². The summed E-state index contributed by atoms with van der Waals surface area (Å²) in [5.41, 5.74) is -0.146. The maximum Gasteiger partial charge on any atom is 0.320 e. The fourth-order valence-corrected chi connectivity index (χ4v) is 1.15. The molecule has 0 saturated carbocycles. The fraction of sp³-hybridized carbons (Fsp3) is 0.900. The van der Waals surface area contributed by atoms with Crippen molar-refractivity contribution in [3.05, 3.63) is 0 Å². The van der Waals surface area contributed by atoms with Crippen LogP contribution in [0.15, 0.2) is 0 Å². The van der Waals surface area contributed by atoms with Crippen molar-refractivity contribution in [1.82, 2.24) is 5.32 Å². The van der Waals surface area contributed by atoms with Crippen molar-refractivity contribution in [3.8, 4) is 0 Å². The number of hydrogen-bond acceptors (Lipinski definition) is 2. The third-order valence-electron chi connectivity index (χ3n) is 2.07. The second kappa shape index (κ2) is 4.61. The lowest BCUT2D eigenvalue weighted by Crippen LogP contribution is -2.50. The van der Waals surface area contributed by atoms with Crippen LogP contribution in [0.25, 0.3) is 0 Å². The number of carboxylic acid groups (broad SMARTS) is 1. The molecule has 0 aliphatic rings. The summed E-state index contributed by atoms with van der Waals surface area (Å²) in [6.07, 6.45) is 0.875. The molecule has 0 saturated heterocycles. The van der Waals surface area contributed by atoms with Crippen LogP contribution in [0.1, 0.15) is 41.0 Å². The SMILES string of the molecule is CCC(C)C(NC(C)(C)C)C(=O)O. The first-order valence-corrected chi connectivity index (χ1v) is 4.78. The molecular weight excluding hydrogens is 166 g/mol. The van der Waals surface area contributed by atoms with Crippen LogP contribution >= 0.6 is 0 Å². The van der Waals surface area contributed by atoms with Crippen LogP contribution in [0, 0.1) is 5.92 Å². The Hall–Kier alpha value is -0.570. The molecule has 0 bridgehead atoms. The van der Waals surface area contributed by atoms with Crippen molar-refractivity contribution in [2.75, 3.05) is 0 Å². The van der Waals surface area contributed by atoms with Gasteiger partial charge in [0, 0.05) is 5.54 Å². The molecule has 2 unspecified atom stereocenters. The van der Waals surface area contributed by atoms with Crippen molar-refractivity contribution >= 4 is 5.97 Å². The van der Waals surface area contributed by atoms with Gasteiger partial charge in [0.1, 0.15) is 6.04 Å². The van der Waals surface area contributed by atoms with Crippen LogP contribution in [0.4, 0.5) is 0 Å². The highest BCUT2D eigenvalue weighted by Crippen LogP contribution is 2.12. The highest BCUT2D eigenvalue weighted by molar-refractivity contribution is 5.73. The molecule has 0 aliphatic heterocycles. The van der Waals surface area contributed by atoms with Gasteiger partial charge in [-0.2, -0.15) is 0 Å². The van der Waals surface area contributed by atoms with Crippen LogP contribution < -0.4 is 5.32 Å². The molecule has 0 rings (SSSR count). The van der Waals surface area contributed by atoms with Crippen molar-refractivity contribution in [2.45, 2.75) is 52.6 Å². The lowest BCUT2D eigenvalue weighted by Gasteiger charge is -2.29. The minimum atomic E-state index is -0.760. The molecule has 0 aromatic heterocycles. The van der Waals surface area contributed by atoms with Crippen LogP contribution in [-0.2, 0) is 4.79 Å². The van der Waals surface area contributed by atoms with Crippen LogP contribution in [0.2, 0.25) is 0 Å². The summed E-state index contributed by atoms with van der Waals surface area (Å²) in [6, 6.07) is -0.440. The monoisotopic (exact) mass is 187 g/mol. The predicted molar refractivity (Wildman–Crippen MR) is 53.8 cm³/mol. The first-order valence-electron chi connectivity index (χ1n) is 4.78. The van der Waals surface area contributed by atoms with Crippen LogP contribution in [0.5, 0.6) is 0 Å². The Labute approximate surface area is 80.5 Å². The van der Waals surface area contributed by atoms with E-state index in [2.05, 4.69) is 5.32 Å². The molecule has 0 aromatic carbocycles. The van der Waals surface area contributed by atoms with Gasteiger partial charge in [0.2, 0.25) is 0 Å². The number of rotatable bonds is 4. The molecule has 78 valence electrons. The first-order chi connectivity index (χ1) is 5.78. The largest absolute Gasteiger partial charge is 0.480 e. The molecular formula is C10H21NO2. The molecule has 0 heterocycles. The fourth-order valence-electron chi connectivity index (χ4n) is 1.15. The van der Waals surface area contributed by atoms with Gasteiger partial charge >= 0.3 is 5.97 Å². The number of aliphatic carboxylic acids is 1. The standard InChI is InChI=1S/C10H21NO2/c1-6-7(2)8(9(12)13)11-10(3,4)5/h7-8,11H,6H2,1-5H3,(H,12,13). The van der Waals surface area contributed by atoms with Crippen LogP contribution in [-0.4, -0.2) is 22.7 Å². The highest BCUT2D eigenvalue weighted by atomic mass is 16.4. The maximum atomic E-state index is 10.9. The van der Waals surface area contributed by atoms with E-state index in [4.69, 9.17) is 5.11 Å². The smallest absolute Gasteiger partial charge is 0.320 e. The summed E-state index contributed by atoms with van der Waals surface area (Å²) < 4.78 is 0. The Morgan fingerprint density at radius 1 is 1.46 bits per heavy atom. The van der Waals surface area contributed by atoms with E-state index < -0.39 is 12.0 Å². The number of carboxylic acids is 1. The first kappa shape index (κ1) is 12.4. The molecule has 0 amide bonds. The van der Waals surface area contributed by atoms with Crippen LogP contribution in [0.3, 0.4) is 0 Å². The molecule has 3 heteroatoms. The van der Waals surface area contributed by atoms with E-state index in [1.54, 1.807) is 0 Å². The van der Waals surface area contributed by atoms with Crippen molar-refractivity contribution in [1.29, 1.82) is 0 Å².